The lowest BCUT2D eigenvalue weighted by molar-refractivity contribution is -0.117. The summed E-state index contributed by atoms with van der Waals surface area (Å²) < 4.78 is 29.3. The number of aromatic nitrogens is 7. The Labute approximate surface area is 218 Å². The van der Waals surface area contributed by atoms with E-state index in [1.165, 1.54) is 0 Å². The SMILES string of the molecule is Cc1cn(CCOCCOCCOCCC(=O)Nc2cc(-c3nnc(C)o3)cc(-c3nnc(C)o3)c2)nn1. The predicted octanol–water partition coefficient (Wildman–Crippen LogP) is 2.38. The van der Waals surface area contributed by atoms with Gasteiger partial charge in [-0.25, -0.2) is 4.68 Å². The molecule has 1 aromatic carbocycles. The number of amides is 1. The first-order valence-corrected chi connectivity index (χ1v) is 12.1. The van der Waals surface area contributed by atoms with Crippen molar-refractivity contribution in [2.45, 2.75) is 33.7 Å². The summed E-state index contributed by atoms with van der Waals surface area (Å²) in [6.45, 7) is 8.43. The van der Waals surface area contributed by atoms with Crippen molar-refractivity contribution in [2.24, 2.45) is 0 Å². The highest BCUT2D eigenvalue weighted by molar-refractivity contribution is 5.92. The standard InChI is InChI=1S/C24H30N8O6/c1-16-15-32(31-26-16)5-7-35-9-11-36-10-8-34-6-4-22(33)25-21-13-19(23-29-27-17(2)37-23)12-20(14-21)24-30-28-18(3)38-24/h12-15H,4-11H2,1-3H3,(H,25,33). The first-order valence-electron chi connectivity index (χ1n) is 12.1. The lowest BCUT2D eigenvalue weighted by Crippen LogP contribution is -2.16. The van der Waals surface area contributed by atoms with Gasteiger partial charge in [0.2, 0.25) is 29.5 Å². The molecule has 0 spiro atoms. The minimum absolute atomic E-state index is 0.170. The van der Waals surface area contributed by atoms with E-state index in [2.05, 4.69) is 36.0 Å². The topological polar surface area (TPSA) is 165 Å². The van der Waals surface area contributed by atoms with Crippen molar-refractivity contribution in [1.82, 2.24) is 35.4 Å². The van der Waals surface area contributed by atoms with Gasteiger partial charge >= 0.3 is 0 Å². The predicted molar refractivity (Wildman–Crippen MR) is 133 cm³/mol. The van der Waals surface area contributed by atoms with Gasteiger partial charge in [0.1, 0.15) is 0 Å². The second-order valence-corrected chi connectivity index (χ2v) is 8.31. The minimum Gasteiger partial charge on any atom is -0.421 e. The number of hydrogen-bond donors (Lipinski definition) is 1. The van der Waals surface area contributed by atoms with Gasteiger partial charge in [0.05, 0.1) is 58.3 Å². The van der Waals surface area contributed by atoms with Gasteiger partial charge in [-0.05, 0) is 25.1 Å². The van der Waals surface area contributed by atoms with Crippen LogP contribution in [-0.2, 0) is 25.5 Å². The van der Waals surface area contributed by atoms with Gasteiger partial charge in [-0.2, -0.15) is 0 Å². The number of hydrogen-bond acceptors (Lipinski definition) is 12. The number of rotatable bonds is 15. The Hall–Kier alpha value is -4.01. The monoisotopic (exact) mass is 526 g/mol. The summed E-state index contributed by atoms with van der Waals surface area (Å²) in [6.07, 6.45) is 2.03. The molecule has 4 aromatic rings. The Morgan fingerprint density at radius 2 is 1.37 bits per heavy atom. The molecule has 1 N–H and O–H groups in total. The molecule has 0 atom stereocenters. The van der Waals surface area contributed by atoms with Crippen molar-refractivity contribution >= 4 is 11.6 Å². The maximum absolute atomic E-state index is 12.5. The van der Waals surface area contributed by atoms with E-state index in [0.29, 0.717) is 80.0 Å². The van der Waals surface area contributed by atoms with Crippen LogP contribution in [0.4, 0.5) is 5.69 Å². The van der Waals surface area contributed by atoms with Crippen LogP contribution < -0.4 is 5.32 Å². The van der Waals surface area contributed by atoms with E-state index in [0.717, 1.165) is 5.69 Å². The Balaban J connectivity index is 1.15. The van der Waals surface area contributed by atoms with E-state index < -0.39 is 0 Å². The fourth-order valence-electron chi connectivity index (χ4n) is 3.37. The van der Waals surface area contributed by atoms with E-state index >= 15 is 0 Å². The zero-order chi connectivity index (χ0) is 26.7. The number of nitrogens with zero attached hydrogens (tertiary/aromatic N) is 7. The zero-order valence-corrected chi connectivity index (χ0v) is 21.5. The quantitative estimate of drug-likeness (QED) is 0.225. The molecule has 0 fully saturated rings. The number of aryl methyl sites for hydroxylation is 3. The highest BCUT2D eigenvalue weighted by Crippen LogP contribution is 2.29. The number of nitrogens with one attached hydrogen (secondary N) is 1. The smallest absolute Gasteiger partial charge is 0.247 e. The van der Waals surface area contributed by atoms with Gasteiger partial charge in [-0.3, -0.25) is 4.79 Å². The van der Waals surface area contributed by atoms with Crippen LogP contribution in [0.2, 0.25) is 0 Å². The van der Waals surface area contributed by atoms with E-state index in [9.17, 15) is 4.79 Å². The highest BCUT2D eigenvalue weighted by atomic mass is 16.5. The summed E-state index contributed by atoms with van der Waals surface area (Å²) in [4.78, 5) is 12.5. The van der Waals surface area contributed by atoms with Gasteiger partial charge in [-0.1, -0.05) is 5.21 Å². The Kier molecular flexibility index (Phi) is 9.61. The van der Waals surface area contributed by atoms with Crippen LogP contribution in [0.5, 0.6) is 0 Å². The van der Waals surface area contributed by atoms with Crippen LogP contribution in [0.25, 0.3) is 22.9 Å². The van der Waals surface area contributed by atoms with E-state index in [4.69, 9.17) is 23.0 Å². The number of benzene rings is 1. The molecule has 3 heterocycles. The highest BCUT2D eigenvalue weighted by Gasteiger charge is 2.15. The Bertz CT molecular complexity index is 1260. The van der Waals surface area contributed by atoms with Crippen molar-refractivity contribution in [3.8, 4) is 22.9 Å². The minimum atomic E-state index is -0.214. The molecule has 0 saturated carbocycles. The fourth-order valence-corrected chi connectivity index (χ4v) is 3.37. The molecule has 38 heavy (non-hydrogen) atoms. The number of anilines is 1. The molecular formula is C24H30N8O6. The molecule has 3 aromatic heterocycles. The summed E-state index contributed by atoms with van der Waals surface area (Å²) >= 11 is 0. The van der Waals surface area contributed by atoms with E-state index in [1.807, 2.05) is 13.1 Å². The molecule has 202 valence electrons. The molecule has 4 rings (SSSR count). The number of carbonyl (C=O) groups is 1. The Morgan fingerprint density at radius 1 is 0.789 bits per heavy atom. The molecule has 0 aliphatic heterocycles. The lowest BCUT2D eigenvalue weighted by atomic mass is 10.1. The van der Waals surface area contributed by atoms with Crippen molar-refractivity contribution in [3.63, 3.8) is 0 Å². The van der Waals surface area contributed by atoms with Crippen molar-refractivity contribution in [3.05, 3.63) is 41.9 Å². The maximum Gasteiger partial charge on any atom is 0.247 e. The molecule has 0 saturated heterocycles. The zero-order valence-electron chi connectivity index (χ0n) is 21.5. The van der Waals surface area contributed by atoms with Gasteiger partial charge in [0, 0.05) is 36.9 Å². The molecule has 14 nitrogen and oxygen atoms in total. The van der Waals surface area contributed by atoms with Gasteiger partial charge in [0.25, 0.3) is 0 Å². The second-order valence-electron chi connectivity index (χ2n) is 8.31. The number of carbonyl (C=O) groups excluding carboxylic acids is 1. The van der Waals surface area contributed by atoms with Crippen LogP contribution in [0.15, 0.2) is 33.2 Å². The Morgan fingerprint density at radius 3 is 1.89 bits per heavy atom. The van der Waals surface area contributed by atoms with Crippen molar-refractivity contribution in [2.75, 3.05) is 45.0 Å². The molecule has 0 radical (unpaired) electrons. The fraction of sp³-hybridized carbons (Fsp3) is 0.458. The first kappa shape index (κ1) is 27.0. The van der Waals surface area contributed by atoms with Crippen LogP contribution >= 0.6 is 0 Å². The van der Waals surface area contributed by atoms with Crippen LogP contribution in [-0.4, -0.2) is 80.9 Å². The average Bonchev–Trinajstić information content (AvgIpc) is 3.63. The van der Waals surface area contributed by atoms with E-state index in [1.54, 1.807) is 36.7 Å². The average molecular weight is 527 g/mol. The molecule has 0 aliphatic carbocycles. The normalized spacial score (nSPS) is 11.2. The van der Waals surface area contributed by atoms with E-state index in [-0.39, 0.29) is 18.9 Å². The van der Waals surface area contributed by atoms with Gasteiger partial charge in [-0.15, -0.1) is 25.5 Å². The molecule has 0 aliphatic rings. The third-order valence-electron chi connectivity index (χ3n) is 5.10. The maximum atomic E-state index is 12.5. The molecule has 1 amide bonds. The summed E-state index contributed by atoms with van der Waals surface area (Å²) in [7, 11) is 0. The van der Waals surface area contributed by atoms with Crippen molar-refractivity contribution in [1.29, 1.82) is 0 Å². The van der Waals surface area contributed by atoms with Crippen LogP contribution in [0.1, 0.15) is 23.9 Å². The molecular weight excluding hydrogens is 496 g/mol. The summed E-state index contributed by atoms with van der Waals surface area (Å²) in [5.74, 6) is 1.27. The second kappa shape index (κ2) is 13.5. The van der Waals surface area contributed by atoms with Gasteiger partial charge < -0.3 is 28.4 Å². The lowest BCUT2D eigenvalue weighted by Gasteiger charge is -2.09. The first-order chi connectivity index (χ1) is 18.5. The van der Waals surface area contributed by atoms with Gasteiger partial charge in [0.15, 0.2) is 0 Å². The van der Waals surface area contributed by atoms with Crippen molar-refractivity contribution < 1.29 is 27.8 Å². The molecule has 0 unspecified atom stereocenters. The third kappa shape index (κ3) is 8.26. The summed E-state index contributed by atoms with van der Waals surface area (Å²) in [5.41, 5.74) is 2.62. The largest absolute Gasteiger partial charge is 0.421 e. The summed E-state index contributed by atoms with van der Waals surface area (Å²) in [6, 6.07) is 5.25. The third-order valence-corrected chi connectivity index (χ3v) is 5.10. The van der Waals surface area contributed by atoms with Crippen LogP contribution in [0, 0.1) is 20.8 Å². The molecule has 0 bridgehead atoms. The van der Waals surface area contributed by atoms with Crippen LogP contribution in [0.3, 0.4) is 0 Å². The summed E-state index contributed by atoms with van der Waals surface area (Å²) in [5, 5.41) is 26.6. The molecule has 14 heteroatoms. The number of ether oxygens (including phenoxy) is 3.